The van der Waals surface area contributed by atoms with E-state index in [0.29, 0.717) is 11.3 Å². The average molecular weight is 472 g/mol. The van der Waals surface area contributed by atoms with Crippen molar-refractivity contribution in [2.75, 3.05) is 7.11 Å². The molecule has 0 unspecified atom stereocenters. The fraction of sp³-hybridized carbons (Fsp3) is 0.440. The Morgan fingerprint density at radius 3 is 2.15 bits per heavy atom. The molecule has 33 heavy (non-hydrogen) atoms. The molecule has 0 spiro atoms. The zero-order valence-electron chi connectivity index (χ0n) is 18.2. The summed E-state index contributed by atoms with van der Waals surface area (Å²) in [6, 6.07) is 7.88. The molecule has 0 saturated heterocycles. The predicted molar refractivity (Wildman–Crippen MR) is 113 cm³/mol. The van der Waals surface area contributed by atoms with E-state index in [9.17, 15) is 26.3 Å². The van der Waals surface area contributed by atoms with Crippen LogP contribution in [0.5, 0.6) is 5.75 Å². The minimum absolute atomic E-state index is 0.0120. The normalized spacial score (nSPS) is 19.4. The molecule has 0 heterocycles. The van der Waals surface area contributed by atoms with Gasteiger partial charge in [0.05, 0.1) is 18.8 Å². The van der Waals surface area contributed by atoms with Gasteiger partial charge in [-0.2, -0.15) is 8.78 Å². The van der Waals surface area contributed by atoms with Gasteiger partial charge in [0.15, 0.2) is 11.6 Å². The summed E-state index contributed by atoms with van der Waals surface area (Å²) >= 11 is 0. The van der Waals surface area contributed by atoms with Gasteiger partial charge in [-0.15, -0.1) is 6.58 Å². The molecule has 8 heteroatoms. The first-order valence-electron chi connectivity index (χ1n) is 10.8. The third-order valence-electron chi connectivity index (χ3n) is 6.06. The van der Waals surface area contributed by atoms with Gasteiger partial charge in [-0.1, -0.05) is 24.3 Å². The quantitative estimate of drug-likeness (QED) is 0.273. The summed E-state index contributed by atoms with van der Waals surface area (Å²) in [6.45, 7) is 3.43. The smallest absolute Gasteiger partial charge is 0.386 e. The maximum Gasteiger partial charge on any atom is 0.386 e. The number of ether oxygens (including phenoxy) is 2. The monoisotopic (exact) mass is 472 g/mol. The van der Waals surface area contributed by atoms with Crippen LogP contribution in [0, 0.1) is 17.6 Å². The lowest BCUT2D eigenvalue weighted by Crippen LogP contribution is -2.36. The molecule has 1 fully saturated rings. The van der Waals surface area contributed by atoms with Gasteiger partial charge in [0.2, 0.25) is 0 Å². The van der Waals surface area contributed by atoms with E-state index >= 15 is 0 Å². The molecule has 0 N–H and O–H groups in total. The summed E-state index contributed by atoms with van der Waals surface area (Å²) in [7, 11) is 1.45. The van der Waals surface area contributed by atoms with Crippen LogP contribution in [0.15, 0.2) is 49.1 Å². The van der Waals surface area contributed by atoms with Crippen molar-refractivity contribution in [3.05, 3.63) is 66.3 Å². The summed E-state index contributed by atoms with van der Waals surface area (Å²) in [5, 5.41) is 0. The van der Waals surface area contributed by atoms with Crippen LogP contribution in [-0.4, -0.2) is 19.1 Å². The van der Waals surface area contributed by atoms with Gasteiger partial charge in [0, 0.05) is 17.9 Å². The van der Waals surface area contributed by atoms with Crippen molar-refractivity contribution in [3.63, 3.8) is 0 Å². The molecule has 0 aromatic heterocycles. The SMILES string of the molecule is C=CCCC(F)(F)C1CCC(OC(F)(F)c2ccc(-c3ccc(OC)cc3)c(F)c2F)CC1. The lowest BCUT2D eigenvalue weighted by atomic mass is 9.81. The van der Waals surface area contributed by atoms with Crippen LogP contribution in [0.4, 0.5) is 26.3 Å². The molecule has 3 rings (SSSR count). The second kappa shape index (κ2) is 10.2. The number of methoxy groups -OCH3 is 1. The highest BCUT2D eigenvalue weighted by Gasteiger charge is 2.44. The zero-order chi connectivity index (χ0) is 24.2. The minimum Gasteiger partial charge on any atom is -0.497 e. The first-order valence-corrected chi connectivity index (χ1v) is 10.8. The van der Waals surface area contributed by atoms with Gasteiger partial charge >= 0.3 is 6.11 Å². The molecule has 180 valence electrons. The Morgan fingerprint density at radius 1 is 0.939 bits per heavy atom. The van der Waals surface area contributed by atoms with Crippen molar-refractivity contribution in [1.82, 2.24) is 0 Å². The van der Waals surface area contributed by atoms with E-state index < -0.39 is 41.3 Å². The average Bonchev–Trinajstić information content (AvgIpc) is 2.79. The maximum atomic E-state index is 14.7. The zero-order valence-corrected chi connectivity index (χ0v) is 18.2. The summed E-state index contributed by atoms with van der Waals surface area (Å²) in [5.74, 6) is -6.47. The maximum absolute atomic E-state index is 14.7. The van der Waals surface area contributed by atoms with E-state index in [-0.39, 0.29) is 44.1 Å². The van der Waals surface area contributed by atoms with Gasteiger partial charge in [-0.3, -0.25) is 0 Å². The molecule has 2 aromatic carbocycles. The Hall–Kier alpha value is -2.48. The topological polar surface area (TPSA) is 18.5 Å². The summed E-state index contributed by atoms with van der Waals surface area (Å²) in [5.41, 5.74) is -1.12. The summed E-state index contributed by atoms with van der Waals surface area (Å²) in [4.78, 5) is 0. The number of allylic oxidation sites excluding steroid dienone is 1. The molecule has 0 bridgehead atoms. The fourth-order valence-electron chi connectivity index (χ4n) is 4.14. The summed E-state index contributed by atoms with van der Waals surface area (Å²) in [6.07, 6.45) is -3.91. The van der Waals surface area contributed by atoms with Crippen LogP contribution < -0.4 is 4.74 Å². The van der Waals surface area contributed by atoms with Crippen LogP contribution >= 0.6 is 0 Å². The third-order valence-corrected chi connectivity index (χ3v) is 6.06. The first-order chi connectivity index (χ1) is 15.6. The van der Waals surface area contributed by atoms with E-state index in [1.54, 1.807) is 0 Å². The van der Waals surface area contributed by atoms with Crippen molar-refractivity contribution in [2.24, 2.45) is 5.92 Å². The Kier molecular flexibility index (Phi) is 7.77. The fourth-order valence-corrected chi connectivity index (χ4v) is 4.14. The molecular formula is C25H26F6O2. The van der Waals surface area contributed by atoms with Crippen molar-refractivity contribution in [2.45, 2.75) is 56.7 Å². The molecule has 2 aromatic rings. The van der Waals surface area contributed by atoms with Gasteiger partial charge in [0.25, 0.3) is 5.92 Å². The molecule has 0 amide bonds. The largest absolute Gasteiger partial charge is 0.497 e. The van der Waals surface area contributed by atoms with Gasteiger partial charge < -0.3 is 9.47 Å². The number of hydrogen-bond donors (Lipinski definition) is 0. The Bertz CT molecular complexity index is 950. The van der Waals surface area contributed by atoms with E-state index in [1.807, 2.05) is 0 Å². The van der Waals surface area contributed by atoms with E-state index in [4.69, 9.17) is 9.47 Å². The first kappa shape index (κ1) is 25.1. The molecule has 1 saturated carbocycles. The molecule has 2 nitrogen and oxygen atoms in total. The highest BCUT2D eigenvalue weighted by atomic mass is 19.3. The lowest BCUT2D eigenvalue weighted by molar-refractivity contribution is -0.281. The van der Waals surface area contributed by atoms with Crippen LogP contribution in [0.1, 0.15) is 44.1 Å². The second-order valence-corrected chi connectivity index (χ2v) is 8.21. The van der Waals surface area contributed by atoms with Crippen LogP contribution in [0.25, 0.3) is 11.1 Å². The lowest BCUT2D eigenvalue weighted by Gasteiger charge is -2.35. The number of rotatable bonds is 9. The number of benzene rings is 2. The molecule has 1 aliphatic carbocycles. The molecule has 1 aliphatic rings. The van der Waals surface area contributed by atoms with Crippen molar-refractivity contribution in [3.8, 4) is 16.9 Å². The van der Waals surface area contributed by atoms with E-state index in [0.717, 1.165) is 12.1 Å². The van der Waals surface area contributed by atoms with Crippen molar-refractivity contribution in [1.29, 1.82) is 0 Å². The van der Waals surface area contributed by atoms with Crippen molar-refractivity contribution < 1.29 is 35.8 Å². The van der Waals surface area contributed by atoms with Crippen LogP contribution in [0.3, 0.4) is 0 Å². The van der Waals surface area contributed by atoms with Crippen molar-refractivity contribution >= 4 is 0 Å². The summed E-state index contributed by atoms with van der Waals surface area (Å²) < 4.78 is 96.9. The van der Waals surface area contributed by atoms with Crippen LogP contribution in [-0.2, 0) is 10.8 Å². The van der Waals surface area contributed by atoms with E-state index in [1.165, 1.54) is 37.5 Å². The van der Waals surface area contributed by atoms with Crippen LogP contribution in [0.2, 0.25) is 0 Å². The highest BCUT2D eigenvalue weighted by molar-refractivity contribution is 5.65. The third kappa shape index (κ3) is 5.72. The Labute approximate surface area is 189 Å². The molecule has 0 atom stereocenters. The number of halogens is 6. The van der Waals surface area contributed by atoms with Gasteiger partial charge in [0.1, 0.15) is 5.75 Å². The predicted octanol–water partition coefficient (Wildman–Crippen LogP) is 7.87. The van der Waals surface area contributed by atoms with Gasteiger partial charge in [-0.05, 0) is 55.9 Å². The minimum atomic E-state index is -4.10. The second-order valence-electron chi connectivity index (χ2n) is 8.21. The Balaban J connectivity index is 1.70. The molecular weight excluding hydrogens is 446 g/mol. The Morgan fingerprint density at radius 2 is 1.58 bits per heavy atom. The standard InChI is InChI=1S/C25H26F6O2/c1-3-4-15-24(28,29)17-7-11-19(12-8-17)33-25(30,31)21-14-13-20(22(26)23(21)27)16-5-9-18(32-2)10-6-16/h3,5-6,9-10,13-14,17,19H,1,4,7-8,11-12,15H2,2H3. The highest BCUT2D eigenvalue weighted by Crippen LogP contribution is 2.43. The van der Waals surface area contributed by atoms with E-state index in [2.05, 4.69) is 6.58 Å². The number of hydrogen-bond acceptors (Lipinski definition) is 2. The molecule has 0 radical (unpaired) electrons. The number of alkyl halides is 4. The molecule has 0 aliphatic heterocycles. The van der Waals surface area contributed by atoms with Gasteiger partial charge in [-0.25, -0.2) is 17.6 Å².